The van der Waals surface area contributed by atoms with Crippen LogP contribution in [0.25, 0.3) is 33.9 Å². The van der Waals surface area contributed by atoms with Crippen LogP contribution in [-0.4, -0.2) is 43.9 Å². The molecule has 5 aromatic heterocycles. The first-order chi connectivity index (χ1) is 18.9. The Labute approximate surface area is 238 Å². The predicted octanol–water partition coefficient (Wildman–Crippen LogP) is 5.54. The molecule has 2 N–H and O–H groups in total. The van der Waals surface area contributed by atoms with Gasteiger partial charge >= 0.3 is 0 Å². The van der Waals surface area contributed by atoms with Crippen LogP contribution in [0.1, 0.15) is 39.1 Å². The number of pyridine rings is 1. The summed E-state index contributed by atoms with van der Waals surface area (Å²) < 4.78 is 19.6. The maximum Gasteiger partial charge on any atom is 0.234 e. The molecule has 40 heavy (non-hydrogen) atoms. The summed E-state index contributed by atoms with van der Waals surface area (Å²) in [6, 6.07) is 12.3. The molecule has 9 nitrogen and oxygen atoms in total. The fourth-order valence-electron chi connectivity index (χ4n) is 4.08. The number of aliphatic hydroxyl groups is 2. The zero-order chi connectivity index (χ0) is 28.7. The summed E-state index contributed by atoms with van der Waals surface area (Å²) in [7, 11) is 0. The van der Waals surface area contributed by atoms with Gasteiger partial charge in [-0.15, -0.1) is 0 Å². The zero-order valence-electron chi connectivity index (χ0n) is 22.3. The van der Waals surface area contributed by atoms with E-state index in [1.165, 1.54) is 0 Å². The molecule has 0 unspecified atom stereocenters. The van der Waals surface area contributed by atoms with E-state index in [9.17, 15) is 10.2 Å². The van der Waals surface area contributed by atoms with Gasteiger partial charge in [0.15, 0.2) is 0 Å². The normalized spacial score (nSPS) is 12.0. The van der Waals surface area contributed by atoms with Crippen molar-refractivity contribution in [2.45, 2.75) is 38.9 Å². The lowest BCUT2D eigenvalue weighted by Gasteiger charge is -2.16. The lowest BCUT2D eigenvalue weighted by atomic mass is 10.0. The third-order valence-corrected chi connectivity index (χ3v) is 6.82. The van der Waals surface area contributed by atoms with Crippen molar-refractivity contribution in [3.8, 4) is 22.4 Å². The van der Waals surface area contributed by atoms with Crippen molar-refractivity contribution < 1.29 is 14.6 Å². The Kier molecular flexibility index (Phi) is 7.21. The van der Waals surface area contributed by atoms with Gasteiger partial charge in [0, 0.05) is 35.9 Å². The fourth-order valence-corrected chi connectivity index (χ4v) is 4.46. The van der Waals surface area contributed by atoms with Gasteiger partial charge in [0.1, 0.15) is 21.6 Å². The van der Waals surface area contributed by atoms with Crippen molar-refractivity contribution >= 4 is 27.5 Å². The molecule has 0 aliphatic heterocycles. The van der Waals surface area contributed by atoms with Crippen LogP contribution in [0.3, 0.4) is 0 Å². The molecule has 6 aromatic rings. The van der Waals surface area contributed by atoms with Crippen LogP contribution in [0.5, 0.6) is 0 Å². The highest BCUT2D eigenvalue weighted by atomic mass is 79.9. The van der Waals surface area contributed by atoms with Crippen LogP contribution in [0.4, 0.5) is 4.39 Å². The molecular weight excluding hydrogens is 577 g/mol. The van der Waals surface area contributed by atoms with E-state index in [0.29, 0.717) is 39.8 Å². The van der Waals surface area contributed by atoms with Gasteiger partial charge < -0.3 is 10.2 Å². The molecule has 0 amide bonds. The van der Waals surface area contributed by atoms with E-state index in [0.717, 1.165) is 10.2 Å². The number of halogens is 2. The number of nitrogens with zero attached hydrogens (tertiary/aromatic N) is 7. The van der Waals surface area contributed by atoms with Gasteiger partial charge in [-0.2, -0.15) is 0 Å². The molecular formula is C29H27BrFN7O2. The van der Waals surface area contributed by atoms with E-state index < -0.39 is 11.2 Å². The van der Waals surface area contributed by atoms with Crippen LogP contribution in [0.15, 0.2) is 84.2 Å². The van der Waals surface area contributed by atoms with Gasteiger partial charge in [0.05, 0.1) is 29.5 Å². The second-order valence-electron chi connectivity index (χ2n) is 10.2. The zero-order valence-corrected chi connectivity index (χ0v) is 23.9. The van der Waals surface area contributed by atoms with Crippen LogP contribution < -0.4 is 0 Å². The van der Waals surface area contributed by atoms with E-state index in [1.54, 1.807) is 104 Å². The molecule has 0 radical (unpaired) electrons. The fraction of sp³-hybridized carbons (Fsp3) is 0.207. The molecule has 0 saturated heterocycles. The number of rotatable bonds is 4. The van der Waals surface area contributed by atoms with Crippen LogP contribution in [-0.2, 0) is 11.2 Å². The highest BCUT2D eigenvalue weighted by Gasteiger charge is 2.21. The Hall–Kier alpha value is -4.06. The molecule has 5 heterocycles. The Morgan fingerprint density at radius 3 is 1.93 bits per heavy atom. The molecule has 0 spiro atoms. The van der Waals surface area contributed by atoms with Crippen LogP contribution in [0, 0.1) is 5.82 Å². The third-order valence-electron chi connectivity index (χ3n) is 6.23. The van der Waals surface area contributed by atoms with Crippen molar-refractivity contribution in [3.05, 3.63) is 101 Å². The van der Waals surface area contributed by atoms with Crippen molar-refractivity contribution in [2.75, 3.05) is 0 Å². The minimum atomic E-state index is -1.07. The molecule has 0 aliphatic rings. The second kappa shape index (κ2) is 10.5. The molecule has 0 bridgehead atoms. The topological polar surface area (TPSA) is 114 Å². The van der Waals surface area contributed by atoms with Crippen LogP contribution >= 0.6 is 15.9 Å². The summed E-state index contributed by atoms with van der Waals surface area (Å²) in [5.74, 6) is 0.664. The Balaban J connectivity index is 0.000000194. The molecule has 0 aliphatic carbocycles. The van der Waals surface area contributed by atoms with Gasteiger partial charge in [-0.25, -0.2) is 24.3 Å². The smallest absolute Gasteiger partial charge is 0.234 e. The second-order valence-corrected chi connectivity index (χ2v) is 11.0. The first-order valence-electron chi connectivity index (χ1n) is 12.4. The number of fused-ring (bicyclic) bond motifs is 2. The van der Waals surface area contributed by atoms with E-state index in [-0.39, 0.29) is 5.82 Å². The SMILES string of the molecule is CC(C)(O)c1ccn2c(-c3cccc(-c4ccncc4)c3F)cnc2n1.CC(C)(O)c1ccn2c(Br)cnc2n1. The third kappa shape index (κ3) is 5.48. The Bertz CT molecular complexity index is 1810. The number of hydrogen-bond acceptors (Lipinski definition) is 7. The average molecular weight is 604 g/mol. The highest BCUT2D eigenvalue weighted by molar-refractivity contribution is 9.10. The van der Waals surface area contributed by atoms with Gasteiger partial charge in [0.2, 0.25) is 11.6 Å². The van der Waals surface area contributed by atoms with Crippen LogP contribution in [0.2, 0.25) is 0 Å². The molecule has 0 fully saturated rings. The monoisotopic (exact) mass is 603 g/mol. The summed E-state index contributed by atoms with van der Waals surface area (Å²) in [6.07, 6.45) is 10.1. The standard InChI is InChI=1S/C20H17FN4O.C9H10BrN3O/c1-20(2,26)17-8-11-25-16(12-23-19(25)24-17)15-5-3-4-14(18(15)21)13-6-9-22-10-7-13;1-9(2,14)6-3-4-13-7(10)5-11-8(13)12-6/h3-12,26H,1-2H3;3-5,14H,1-2H3. The predicted molar refractivity (Wildman–Crippen MR) is 153 cm³/mol. The van der Waals surface area contributed by atoms with Crippen molar-refractivity contribution in [3.63, 3.8) is 0 Å². The van der Waals surface area contributed by atoms with Crippen molar-refractivity contribution in [2.24, 2.45) is 0 Å². The van der Waals surface area contributed by atoms with Gasteiger partial charge in [0.25, 0.3) is 0 Å². The number of aromatic nitrogens is 7. The quantitative estimate of drug-likeness (QED) is 0.272. The largest absolute Gasteiger partial charge is 0.384 e. The minimum absolute atomic E-state index is 0.327. The summed E-state index contributed by atoms with van der Waals surface area (Å²) in [5, 5.41) is 19.9. The molecule has 11 heteroatoms. The molecule has 6 rings (SSSR count). The van der Waals surface area contributed by atoms with E-state index in [4.69, 9.17) is 0 Å². The van der Waals surface area contributed by atoms with Gasteiger partial charge in [-0.3, -0.25) is 13.8 Å². The van der Waals surface area contributed by atoms with Gasteiger partial charge in [-0.1, -0.05) is 12.1 Å². The lowest BCUT2D eigenvalue weighted by Crippen LogP contribution is -2.18. The van der Waals surface area contributed by atoms with E-state index in [1.807, 2.05) is 12.3 Å². The minimum Gasteiger partial charge on any atom is -0.384 e. The first-order valence-corrected chi connectivity index (χ1v) is 13.2. The molecule has 0 saturated carbocycles. The maximum atomic E-state index is 15.2. The lowest BCUT2D eigenvalue weighted by molar-refractivity contribution is 0.0734. The summed E-state index contributed by atoms with van der Waals surface area (Å²) in [6.45, 7) is 6.72. The average Bonchev–Trinajstić information content (AvgIpc) is 3.51. The molecule has 0 atom stereocenters. The molecule has 1 aromatic carbocycles. The van der Waals surface area contributed by atoms with Gasteiger partial charge in [-0.05, 0) is 79.5 Å². The summed E-state index contributed by atoms with van der Waals surface area (Å²) in [4.78, 5) is 21.0. The number of benzene rings is 1. The van der Waals surface area contributed by atoms with E-state index >= 15 is 4.39 Å². The highest BCUT2D eigenvalue weighted by Crippen LogP contribution is 2.31. The van der Waals surface area contributed by atoms with E-state index in [2.05, 4.69) is 40.8 Å². The number of imidazole rings is 2. The first kappa shape index (κ1) is 27.5. The Morgan fingerprint density at radius 1 is 0.750 bits per heavy atom. The maximum absolute atomic E-state index is 15.2. The summed E-state index contributed by atoms with van der Waals surface area (Å²) in [5.41, 5.74) is 1.42. The Morgan fingerprint density at radius 2 is 1.30 bits per heavy atom. The molecule has 204 valence electrons. The van der Waals surface area contributed by atoms with Crippen molar-refractivity contribution in [1.82, 2.24) is 33.7 Å². The number of hydrogen-bond donors (Lipinski definition) is 2. The van der Waals surface area contributed by atoms with Crippen molar-refractivity contribution in [1.29, 1.82) is 0 Å². The summed E-state index contributed by atoms with van der Waals surface area (Å²) >= 11 is 3.34.